The SMILES string of the molecule is COC(=O)C(C)CNC(=O)Nc1ccc(F)cc1C(F)(F)F. The Kier molecular flexibility index (Phi) is 5.72. The first-order valence-electron chi connectivity index (χ1n) is 6.14. The molecule has 2 amide bonds. The second kappa shape index (κ2) is 7.10. The van der Waals surface area contributed by atoms with Gasteiger partial charge in [0.15, 0.2) is 0 Å². The summed E-state index contributed by atoms with van der Waals surface area (Å²) >= 11 is 0. The van der Waals surface area contributed by atoms with Crippen molar-refractivity contribution < 1.29 is 31.9 Å². The molecule has 0 aromatic heterocycles. The summed E-state index contributed by atoms with van der Waals surface area (Å²) in [5.41, 5.74) is -1.89. The molecule has 0 heterocycles. The predicted molar refractivity (Wildman–Crippen MR) is 69.6 cm³/mol. The second-order valence-corrected chi connectivity index (χ2v) is 4.45. The van der Waals surface area contributed by atoms with Crippen LogP contribution in [0.25, 0.3) is 0 Å². The first kappa shape index (κ1) is 17.7. The van der Waals surface area contributed by atoms with Crippen LogP contribution < -0.4 is 10.6 Å². The number of benzene rings is 1. The normalized spacial score (nSPS) is 12.5. The topological polar surface area (TPSA) is 67.4 Å². The number of ether oxygens (including phenoxy) is 1. The molecule has 1 unspecified atom stereocenters. The Morgan fingerprint density at radius 2 is 1.95 bits per heavy atom. The van der Waals surface area contributed by atoms with E-state index in [1.165, 1.54) is 14.0 Å². The third-order valence-corrected chi connectivity index (χ3v) is 2.71. The number of alkyl halides is 3. The van der Waals surface area contributed by atoms with Gasteiger partial charge in [0.05, 0.1) is 24.3 Å². The minimum Gasteiger partial charge on any atom is -0.469 e. The van der Waals surface area contributed by atoms with E-state index in [9.17, 15) is 27.2 Å². The number of carbonyl (C=O) groups is 2. The van der Waals surface area contributed by atoms with Crippen molar-refractivity contribution in [2.24, 2.45) is 5.92 Å². The third kappa shape index (κ3) is 4.90. The molecule has 1 rings (SSSR count). The highest BCUT2D eigenvalue weighted by Gasteiger charge is 2.34. The Morgan fingerprint density at radius 1 is 1.32 bits per heavy atom. The largest absolute Gasteiger partial charge is 0.469 e. The van der Waals surface area contributed by atoms with Crippen molar-refractivity contribution in [2.75, 3.05) is 19.0 Å². The lowest BCUT2D eigenvalue weighted by Crippen LogP contribution is -2.35. The van der Waals surface area contributed by atoms with Crippen LogP contribution in [0.4, 0.5) is 28.0 Å². The molecule has 0 bridgehead atoms. The Hall–Kier alpha value is -2.32. The van der Waals surface area contributed by atoms with Gasteiger partial charge >= 0.3 is 18.2 Å². The molecule has 0 fully saturated rings. The number of rotatable bonds is 4. The van der Waals surface area contributed by atoms with E-state index < -0.39 is 41.2 Å². The summed E-state index contributed by atoms with van der Waals surface area (Å²) in [6.45, 7) is 1.35. The summed E-state index contributed by atoms with van der Waals surface area (Å²) in [7, 11) is 1.17. The van der Waals surface area contributed by atoms with Crippen molar-refractivity contribution in [3.05, 3.63) is 29.6 Å². The maximum atomic E-state index is 12.9. The number of methoxy groups -OCH3 is 1. The van der Waals surface area contributed by atoms with Crippen molar-refractivity contribution in [1.29, 1.82) is 0 Å². The van der Waals surface area contributed by atoms with Gasteiger partial charge in [-0.2, -0.15) is 13.2 Å². The average molecular weight is 322 g/mol. The zero-order valence-corrected chi connectivity index (χ0v) is 11.8. The van der Waals surface area contributed by atoms with Gasteiger partial charge in [-0.05, 0) is 18.2 Å². The number of urea groups is 1. The summed E-state index contributed by atoms with van der Waals surface area (Å²) < 4.78 is 55.6. The van der Waals surface area contributed by atoms with Crippen LogP contribution in [0.3, 0.4) is 0 Å². The molecule has 1 atom stereocenters. The predicted octanol–water partition coefficient (Wildman–Crippen LogP) is 2.78. The molecule has 22 heavy (non-hydrogen) atoms. The summed E-state index contributed by atoms with van der Waals surface area (Å²) in [5, 5.41) is 4.20. The minimum absolute atomic E-state index is 0.124. The minimum atomic E-state index is -4.82. The molecule has 0 aliphatic carbocycles. The van der Waals surface area contributed by atoms with Gasteiger partial charge in [0.1, 0.15) is 5.82 Å². The van der Waals surface area contributed by atoms with Gasteiger partial charge < -0.3 is 15.4 Å². The number of halogens is 4. The van der Waals surface area contributed by atoms with E-state index in [0.717, 1.165) is 12.1 Å². The molecular weight excluding hydrogens is 308 g/mol. The fourth-order valence-electron chi connectivity index (χ4n) is 1.56. The first-order chi connectivity index (χ1) is 10.1. The van der Waals surface area contributed by atoms with Gasteiger partial charge in [0.2, 0.25) is 0 Å². The van der Waals surface area contributed by atoms with Crippen molar-refractivity contribution in [3.63, 3.8) is 0 Å². The van der Waals surface area contributed by atoms with Gasteiger partial charge in [-0.25, -0.2) is 9.18 Å². The van der Waals surface area contributed by atoms with E-state index in [1.54, 1.807) is 0 Å². The Bertz CT molecular complexity index is 561. The van der Waals surface area contributed by atoms with Gasteiger partial charge in [-0.3, -0.25) is 4.79 Å². The zero-order chi connectivity index (χ0) is 16.9. The number of anilines is 1. The smallest absolute Gasteiger partial charge is 0.418 e. The number of hydrogen-bond donors (Lipinski definition) is 2. The molecule has 5 nitrogen and oxygen atoms in total. The standard InChI is InChI=1S/C13H14F4N2O3/c1-7(11(20)22-2)6-18-12(21)19-10-4-3-8(14)5-9(10)13(15,16)17/h3-5,7H,6H2,1-2H3,(H2,18,19,21). The lowest BCUT2D eigenvalue weighted by Gasteiger charge is -2.15. The van der Waals surface area contributed by atoms with E-state index in [1.807, 2.05) is 5.32 Å². The Balaban J connectivity index is 2.75. The zero-order valence-electron chi connectivity index (χ0n) is 11.8. The van der Waals surface area contributed by atoms with Crippen molar-refractivity contribution in [3.8, 4) is 0 Å². The molecule has 1 aromatic rings. The lowest BCUT2D eigenvalue weighted by molar-refractivity contribution is -0.144. The summed E-state index contributed by atoms with van der Waals surface area (Å²) in [4.78, 5) is 22.7. The van der Waals surface area contributed by atoms with E-state index in [0.29, 0.717) is 0 Å². The van der Waals surface area contributed by atoms with Crippen molar-refractivity contribution in [1.82, 2.24) is 5.32 Å². The van der Waals surface area contributed by atoms with E-state index >= 15 is 0 Å². The number of hydrogen-bond acceptors (Lipinski definition) is 3. The molecule has 0 aliphatic rings. The average Bonchev–Trinajstić information content (AvgIpc) is 2.44. The van der Waals surface area contributed by atoms with Gasteiger partial charge in [0, 0.05) is 6.54 Å². The molecule has 122 valence electrons. The summed E-state index contributed by atoms with van der Waals surface area (Å²) in [6.07, 6.45) is -4.82. The molecule has 0 saturated carbocycles. The summed E-state index contributed by atoms with van der Waals surface area (Å²) in [5.74, 6) is -2.30. The van der Waals surface area contributed by atoms with Crippen LogP contribution in [0.1, 0.15) is 12.5 Å². The Morgan fingerprint density at radius 3 is 2.50 bits per heavy atom. The highest BCUT2D eigenvalue weighted by molar-refractivity contribution is 5.90. The molecule has 9 heteroatoms. The molecule has 0 radical (unpaired) electrons. The van der Waals surface area contributed by atoms with Crippen LogP contribution in [-0.4, -0.2) is 25.7 Å². The number of nitrogens with one attached hydrogen (secondary N) is 2. The lowest BCUT2D eigenvalue weighted by atomic mass is 10.1. The van der Waals surface area contributed by atoms with Crippen LogP contribution in [0.15, 0.2) is 18.2 Å². The number of esters is 1. The Labute approximate surface area is 123 Å². The van der Waals surface area contributed by atoms with Crippen LogP contribution >= 0.6 is 0 Å². The van der Waals surface area contributed by atoms with Gasteiger partial charge in [-0.15, -0.1) is 0 Å². The van der Waals surface area contributed by atoms with Crippen molar-refractivity contribution >= 4 is 17.7 Å². The van der Waals surface area contributed by atoms with Crippen molar-refractivity contribution in [2.45, 2.75) is 13.1 Å². The highest BCUT2D eigenvalue weighted by Crippen LogP contribution is 2.35. The summed E-state index contributed by atoms with van der Waals surface area (Å²) in [6, 6.07) is 0.934. The molecular formula is C13H14F4N2O3. The van der Waals surface area contributed by atoms with E-state index in [4.69, 9.17) is 0 Å². The number of carbonyl (C=O) groups excluding carboxylic acids is 2. The second-order valence-electron chi connectivity index (χ2n) is 4.45. The van der Waals surface area contributed by atoms with Crippen LogP contribution in [0.5, 0.6) is 0 Å². The van der Waals surface area contributed by atoms with Crippen LogP contribution in [0.2, 0.25) is 0 Å². The highest BCUT2D eigenvalue weighted by atomic mass is 19.4. The third-order valence-electron chi connectivity index (χ3n) is 2.71. The monoisotopic (exact) mass is 322 g/mol. The maximum Gasteiger partial charge on any atom is 0.418 e. The van der Waals surface area contributed by atoms with E-state index in [2.05, 4.69) is 10.1 Å². The maximum absolute atomic E-state index is 12.9. The number of amides is 2. The fourth-order valence-corrected chi connectivity index (χ4v) is 1.56. The molecule has 0 spiro atoms. The van der Waals surface area contributed by atoms with Crippen LogP contribution in [0, 0.1) is 11.7 Å². The van der Waals surface area contributed by atoms with Crippen LogP contribution in [-0.2, 0) is 15.7 Å². The molecule has 0 saturated heterocycles. The quantitative estimate of drug-likeness (QED) is 0.662. The fraction of sp³-hybridized carbons (Fsp3) is 0.385. The van der Waals surface area contributed by atoms with E-state index in [-0.39, 0.29) is 12.6 Å². The van der Waals surface area contributed by atoms with Gasteiger partial charge in [0.25, 0.3) is 0 Å². The molecule has 1 aromatic carbocycles. The molecule has 0 aliphatic heterocycles. The first-order valence-corrected chi connectivity index (χ1v) is 6.14. The molecule has 2 N–H and O–H groups in total. The van der Waals surface area contributed by atoms with Gasteiger partial charge in [-0.1, -0.05) is 6.92 Å².